The van der Waals surface area contributed by atoms with Crippen molar-refractivity contribution in [2.45, 2.75) is 39.3 Å². The van der Waals surface area contributed by atoms with Crippen molar-refractivity contribution in [2.75, 3.05) is 39.8 Å². The monoisotopic (exact) mass is 271 g/mol. The van der Waals surface area contributed by atoms with Crippen LogP contribution in [0.15, 0.2) is 0 Å². The van der Waals surface area contributed by atoms with Crippen LogP contribution in [0.4, 0.5) is 0 Å². The van der Waals surface area contributed by atoms with Crippen LogP contribution >= 0.6 is 0 Å². The Morgan fingerprint density at radius 1 is 1.42 bits per heavy atom. The van der Waals surface area contributed by atoms with Gasteiger partial charge in [-0.25, -0.2) is 0 Å². The second kappa shape index (κ2) is 8.51. The van der Waals surface area contributed by atoms with E-state index in [0.717, 1.165) is 39.2 Å². The number of nitrogens with one attached hydrogen (secondary N) is 2. The molecule has 0 spiro atoms. The van der Waals surface area contributed by atoms with Crippen LogP contribution in [-0.2, 0) is 9.53 Å². The number of likely N-dealkylation sites (N-methyl/N-ethyl adjacent to an activating group) is 1. The van der Waals surface area contributed by atoms with Gasteiger partial charge in [0.05, 0.1) is 18.8 Å². The lowest BCUT2D eigenvalue weighted by Gasteiger charge is -2.30. The summed E-state index contributed by atoms with van der Waals surface area (Å²) in [4.78, 5) is 14.1. The molecular weight excluding hydrogens is 242 g/mol. The molecule has 2 atom stereocenters. The average Bonchev–Trinajstić information content (AvgIpc) is 2.35. The summed E-state index contributed by atoms with van der Waals surface area (Å²) in [6.45, 7) is 10.4. The Kier molecular flexibility index (Phi) is 7.34. The number of ether oxygens (including phenoxy) is 1. The Bertz CT molecular complexity index is 271. The van der Waals surface area contributed by atoms with Crippen molar-refractivity contribution in [3.05, 3.63) is 0 Å². The number of morpholine rings is 1. The minimum atomic E-state index is -0.164. The highest BCUT2D eigenvalue weighted by molar-refractivity contribution is 5.81. The second-order valence-electron chi connectivity index (χ2n) is 5.86. The van der Waals surface area contributed by atoms with Crippen molar-refractivity contribution < 1.29 is 9.53 Å². The molecule has 0 bridgehead atoms. The number of rotatable bonds is 7. The van der Waals surface area contributed by atoms with Crippen LogP contribution in [-0.4, -0.2) is 62.8 Å². The van der Waals surface area contributed by atoms with E-state index in [-0.39, 0.29) is 18.1 Å². The van der Waals surface area contributed by atoms with Gasteiger partial charge < -0.3 is 20.3 Å². The molecule has 1 rings (SSSR count). The van der Waals surface area contributed by atoms with Gasteiger partial charge in [0.15, 0.2) is 0 Å². The predicted molar refractivity (Wildman–Crippen MR) is 77.2 cm³/mol. The number of amides is 1. The molecule has 0 saturated carbocycles. The first-order chi connectivity index (χ1) is 8.99. The van der Waals surface area contributed by atoms with Crippen molar-refractivity contribution in [1.82, 2.24) is 15.5 Å². The Balaban J connectivity index is 2.15. The van der Waals surface area contributed by atoms with Crippen molar-refractivity contribution in [1.29, 1.82) is 0 Å². The maximum Gasteiger partial charge on any atom is 0.236 e. The minimum absolute atomic E-state index is 0.0739. The highest BCUT2D eigenvalue weighted by atomic mass is 16.5. The summed E-state index contributed by atoms with van der Waals surface area (Å²) in [5.41, 5.74) is 0. The molecule has 5 heteroatoms. The summed E-state index contributed by atoms with van der Waals surface area (Å²) in [6, 6.07) is -0.164. The maximum atomic E-state index is 11.8. The Labute approximate surface area is 117 Å². The largest absolute Gasteiger partial charge is 0.374 e. The molecule has 0 aliphatic carbocycles. The molecule has 112 valence electrons. The van der Waals surface area contributed by atoms with E-state index in [1.54, 1.807) is 0 Å². The van der Waals surface area contributed by atoms with Crippen LogP contribution in [0.25, 0.3) is 0 Å². The number of nitrogens with zero attached hydrogens (tertiary/aromatic N) is 1. The molecule has 1 aliphatic heterocycles. The zero-order chi connectivity index (χ0) is 14.3. The summed E-state index contributed by atoms with van der Waals surface area (Å²) in [6.07, 6.45) is 1.21. The quantitative estimate of drug-likeness (QED) is 0.706. The van der Waals surface area contributed by atoms with Gasteiger partial charge in [-0.2, -0.15) is 0 Å². The first kappa shape index (κ1) is 16.4. The summed E-state index contributed by atoms with van der Waals surface area (Å²) in [5.74, 6) is 0.694. The van der Waals surface area contributed by atoms with Crippen LogP contribution in [0.5, 0.6) is 0 Å². The van der Waals surface area contributed by atoms with E-state index in [1.165, 1.54) is 0 Å². The summed E-state index contributed by atoms with van der Waals surface area (Å²) >= 11 is 0. The van der Waals surface area contributed by atoms with Crippen LogP contribution in [0, 0.1) is 5.92 Å². The predicted octanol–water partition coefficient (Wildman–Crippen LogP) is 0.457. The topological polar surface area (TPSA) is 53.6 Å². The zero-order valence-corrected chi connectivity index (χ0v) is 12.7. The molecule has 0 aromatic carbocycles. The van der Waals surface area contributed by atoms with Gasteiger partial charge in [0.25, 0.3) is 0 Å². The van der Waals surface area contributed by atoms with E-state index in [0.29, 0.717) is 5.92 Å². The van der Waals surface area contributed by atoms with Crippen molar-refractivity contribution in [3.8, 4) is 0 Å². The fourth-order valence-electron chi connectivity index (χ4n) is 2.03. The molecule has 1 fully saturated rings. The molecule has 2 unspecified atom stereocenters. The zero-order valence-electron chi connectivity index (χ0n) is 12.7. The van der Waals surface area contributed by atoms with Crippen molar-refractivity contribution >= 4 is 5.91 Å². The van der Waals surface area contributed by atoms with E-state index in [4.69, 9.17) is 4.74 Å². The van der Waals surface area contributed by atoms with Crippen LogP contribution in [0.3, 0.4) is 0 Å². The van der Waals surface area contributed by atoms with Gasteiger partial charge in [-0.15, -0.1) is 0 Å². The summed E-state index contributed by atoms with van der Waals surface area (Å²) in [7, 11) is 2.09. The molecule has 2 N–H and O–H groups in total. The molecule has 0 aromatic heterocycles. The molecule has 1 heterocycles. The van der Waals surface area contributed by atoms with E-state index >= 15 is 0 Å². The van der Waals surface area contributed by atoms with E-state index in [2.05, 4.69) is 36.4 Å². The SMILES string of the molecule is CC(C)CCNC(=O)C(C)NCC1CN(C)CCO1. The minimum Gasteiger partial charge on any atom is -0.374 e. The van der Waals surface area contributed by atoms with E-state index in [1.807, 2.05) is 6.92 Å². The van der Waals surface area contributed by atoms with Crippen molar-refractivity contribution in [3.63, 3.8) is 0 Å². The third-order valence-electron chi connectivity index (χ3n) is 3.41. The number of hydrogen-bond donors (Lipinski definition) is 2. The molecule has 1 amide bonds. The lowest BCUT2D eigenvalue weighted by Crippen LogP contribution is -2.49. The summed E-state index contributed by atoms with van der Waals surface area (Å²) < 4.78 is 5.66. The second-order valence-corrected chi connectivity index (χ2v) is 5.86. The third-order valence-corrected chi connectivity index (χ3v) is 3.41. The molecule has 0 aromatic rings. The smallest absolute Gasteiger partial charge is 0.236 e. The molecule has 0 radical (unpaired) electrons. The van der Waals surface area contributed by atoms with Crippen LogP contribution in [0.1, 0.15) is 27.2 Å². The number of hydrogen-bond acceptors (Lipinski definition) is 4. The fourth-order valence-corrected chi connectivity index (χ4v) is 2.03. The fraction of sp³-hybridized carbons (Fsp3) is 0.929. The first-order valence-corrected chi connectivity index (χ1v) is 7.30. The lowest BCUT2D eigenvalue weighted by molar-refractivity contribution is -0.123. The van der Waals surface area contributed by atoms with Crippen LogP contribution < -0.4 is 10.6 Å². The molecule has 1 saturated heterocycles. The summed E-state index contributed by atoms with van der Waals surface area (Å²) in [5, 5.41) is 6.20. The Morgan fingerprint density at radius 2 is 2.16 bits per heavy atom. The first-order valence-electron chi connectivity index (χ1n) is 7.30. The molecular formula is C14H29N3O2. The third kappa shape index (κ3) is 6.89. The molecule has 5 nitrogen and oxygen atoms in total. The number of carbonyl (C=O) groups excluding carboxylic acids is 1. The van der Waals surface area contributed by atoms with E-state index in [9.17, 15) is 4.79 Å². The van der Waals surface area contributed by atoms with Gasteiger partial charge in [-0.05, 0) is 26.3 Å². The van der Waals surface area contributed by atoms with Crippen molar-refractivity contribution in [2.24, 2.45) is 5.92 Å². The van der Waals surface area contributed by atoms with Gasteiger partial charge in [0.1, 0.15) is 0 Å². The van der Waals surface area contributed by atoms with E-state index < -0.39 is 0 Å². The molecule has 1 aliphatic rings. The Hall–Kier alpha value is -0.650. The highest BCUT2D eigenvalue weighted by Gasteiger charge is 2.19. The van der Waals surface area contributed by atoms with Gasteiger partial charge >= 0.3 is 0 Å². The van der Waals surface area contributed by atoms with Gasteiger partial charge in [-0.1, -0.05) is 13.8 Å². The lowest BCUT2D eigenvalue weighted by atomic mass is 10.1. The van der Waals surface area contributed by atoms with Gasteiger partial charge in [-0.3, -0.25) is 4.79 Å². The highest BCUT2D eigenvalue weighted by Crippen LogP contribution is 2.02. The average molecular weight is 271 g/mol. The number of carbonyl (C=O) groups is 1. The molecule has 19 heavy (non-hydrogen) atoms. The van der Waals surface area contributed by atoms with Crippen LogP contribution in [0.2, 0.25) is 0 Å². The standard InChI is InChI=1S/C14H29N3O2/c1-11(2)5-6-15-14(18)12(3)16-9-13-10-17(4)7-8-19-13/h11-13,16H,5-10H2,1-4H3,(H,15,18). The Morgan fingerprint density at radius 3 is 2.79 bits per heavy atom. The normalized spacial score (nSPS) is 22.5. The van der Waals surface area contributed by atoms with Gasteiger partial charge in [0.2, 0.25) is 5.91 Å². The van der Waals surface area contributed by atoms with Gasteiger partial charge in [0, 0.05) is 26.2 Å². The maximum absolute atomic E-state index is 11.8.